The van der Waals surface area contributed by atoms with Crippen LogP contribution in [0.1, 0.15) is 60.3 Å². The Morgan fingerprint density at radius 1 is 0.958 bits per heavy atom. The van der Waals surface area contributed by atoms with Crippen molar-refractivity contribution >= 4 is 5.97 Å². The average molecular weight is 326 g/mol. The fraction of sp³-hybridized carbons (Fsp3) is 0.591. The van der Waals surface area contributed by atoms with Gasteiger partial charge in [-0.25, -0.2) is 4.79 Å². The molecule has 0 saturated heterocycles. The Hall–Kier alpha value is -1.57. The number of fused-ring (bicyclic) bond motifs is 1. The molecule has 0 aromatic heterocycles. The van der Waals surface area contributed by atoms with Gasteiger partial charge in [0.1, 0.15) is 0 Å². The van der Waals surface area contributed by atoms with Gasteiger partial charge in [-0.3, -0.25) is 0 Å². The summed E-state index contributed by atoms with van der Waals surface area (Å²) in [5.74, 6) is 0.164. The van der Waals surface area contributed by atoms with Crippen LogP contribution >= 0.6 is 0 Å². The highest BCUT2D eigenvalue weighted by molar-refractivity contribution is 5.98. The first-order valence-corrected chi connectivity index (χ1v) is 9.60. The van der Waals surface area contributed by atoms with Gasteiger partial charge < -0.3 is 4.74 Å². The van der Waals surface area contributed by atoms with Gasteiger partial charge in [0.05, 0.1) is 6.61 Å². The lowest BCUT2D eigenvalue weighted by Crippen LogP contribution is -2.65. The van der Waals surface area contributed by atoms with Crippen LogP contribution in [0, 0.1) is 16.7 Å². The fourth-order valence-electron chi connectivity index (χ4n) is 6.10. The number of allylic oxidation sites excluding steroid dienone is 7. The van der Waals surface area contributed by atoms with Gasteiger partial charge in [-0.1, -0.05) is 63.1 Å². The Labute approximate surface area is 146 Å². The van der Waals surface area contributed by atoms with Gasteiger partial charge >= 0.3 is 5.97 Å². The molecule has 2 heteroatoms. The second-order valence-electron chi connectivity index (χ2n) is 6.99. The summed E-state index contributed by atoms with van der Waals surface area (Å²) in [6, 6.07) is 0. The summed E-state index contributed by atoms with van der Waals surface area (Å²) in [7, 11) is 0. The van der Waals surface area contributed by atoms with E-state index in [4.69, 9.17) is 4.74 Å². The molecular weight excluding hydrogens is 296 g/mol. The van der Waals surface area contributed by atoms with E-state index < -0.39 is 0 Å². The highest BCUT2D eigenvalue weighted by Gasteiger charge is 2.73. The monoisotopic (exact) mass is 326 g/mol. The predicted octanol–water partition coefficient (Wildman–Crippen LogP) is 5.52. The zero-order valence-corrected chi connectivity index (χ0v) is 15.7. The number of ether oxygens (including phenoxy) is 1. The number of hydrogen-bond acceptors (Lipinski definition) is 2. The van der Waals surface area contributed by atoms with Gasteiger partial charge in [-0.2, -0.15) is 0 Å². The van der Waals surface area contributed by atoms with Gasteiger partial charge in [0.25, 0.3) is 0 Å². The molecule has 3 aliphatic carbocycles. The molecule has 0 spiro atoms. The molecule has 2 nitrogen and oxygen atoms in total. The summed E-state index contributed by atoms with van der Waals surface area (Å²) >= 11 is 0. The second-order valence-corrected chi connectivity index (χ2v) is 6.99. The van der Waals surface area contributed by atoms with E-state index in [0.29, 0.717) is 6.61 Å². The number of esters is 1. The molecule has 0 aromatic rings. The Bertz CT molecular complexity index is 664. The van der Waals surface area contributed by atoms with E-state index in [1.807, 2.05) is 6.92 Å². The third-order valence-electron chi connectivity index (χ3n) is 6.61. The van der Waals surface area contributed by atoms with Gasteiger partial charge in [0.15, 0.2) is 0 Å². The number of hydrogen-bond donors (Lipinski definition) is 0. The Morgan fingerprint density at radius 2 is 1.50 bits per heavy atom. The van der Waals surface area contributed by atoms with E-state index in [1.165, 1.54) is 11.1 Å². The summed E-state index contributed by atoms with van der Waals surface area (Å²) in [5.41, 5.74) is 5.40. The van der Waals surface area contributed by atoms with Crippen LogP contribution in [0.2, 0.25) is 0 Å². The molecule has 3 rings (SSSR count). The SMILES string of the molecule is CCOC(=O)C1=C(C2C=CC=C2)C2(CC)C(CC)=C(CC)C12CC. The van der Waals surface area contributed by atoms with Crippen LogP contribution in [0.4, 0.5) is 0 Å². The average Bonchev–Trinajstić information content (AvgIpc) is 3.09. The van der Waals surface area contributed by atoms with E-state index in [9.17, 15) is 4.79 Å². The predicted molar refractivity (Wildman–Crippen MR) is 98.5 cm³/mol. The lowest BCUT2D eigenvalue weighted by Gasteiger charge is -2.71. The van der Waals surface area contributed by atoms with E-state index in [1.54, 1.807) is 5.57 Å². The normalized spacial score (nSPS) is 31.2. The minimum atomic E-state index is -0.0896. The highest BCUT2D eigenvalue weighted by atomic mass is 16.5. The summed E-state index contributed by atoms with van der Waals surface area (Å²) in [4.78, 5) is 12.9. The van der Waals surface area contributed by atoms with Crippen molar-refractivity contribution in [2.75, 3.05) is 6.61 Å². The second kappa shape index (κ2) is 6.06. The topological polar surface area (TPSA) is 26.3 Å². The minimum Gasteiger partial charge on any atom is -0.463 e. The van der Waals surface area contributed by atoms with Gasteiger partial charge in [0.2, 0.25) is 0 Å². The molecule has 0 amide bonds. The largest absolute Gasteiger partial charge is 0.463 e. The first-order chi connectivity index (χ1) is 11.6. The van der Waals surface area contributed by atoms with Crippen molar-refractivity contribution in [1.82, 2.24) is 0 Å². The van der Waals surface area contributed by atoms with Crippen LogP contribution in [0.25, 0.3) is 0 Å². The zero-order chi connectivity index (χ0) is 17.5. The molecular formula is C22H30O2. The number of carbonyl (C=O) groups is 1. The van der Waals surface area contributed by atoms with Crippen molar-refractivity contribution in [3.8, 4) is 0 Å². The Balaban J connectivity index is 2.23. The van der Waals surface area contributed by atoms with Crippen molar-refractivity contribution in [3.63, 3.8) is 0 Å². The van der Waals surface area contributed by atoms with Crippen LogP contribution in [0.3, 0.4) is 0 Å². The Morgan fingerprint density at radius 3 is 1.96 bits per heavy atom. The molecule has 0 N–H and O–H groups in total. The summed E-state index contributed by atoms with van der Waals surface area (Å²) in [6.07, 6.45) is 12.8. The van der Waals surface area contributed by atoms with Gasteiger partial charge in [0, 0.05) is 22.3 Å². The van der Waals surface area contributed by atoms with E-state index >= 15 is 0 Å². The molecule has 0 saturated carbocycles. The molecule has 0 aliphatic heterocycles. The molecule has 0 radical (unpaired) electrons. The van der Waals surface area contributed by atoms with Gasteiger partial charge in [-0.15, -0.1) is 0 Å². The van der Waals surface area contributed by atoms with Crippen molar-refractivity contribution in [2.45, 2.75) is 60.3 Å². The van der Waals surface area contributed by atoms with Crippen molar-refractivity contribution in [3.05, 3.63) is 46.6 Å². The quantitative estimate of drug-likeness (QED) is 0.454. The van der Waals surface area contributed by atoms with Crippen LogP contribution in [-0.2, 0) is 9.53 Å². The maximum Gasteiger partial charge on any atom is 0.334 e. The first kappa shape index (κ1) is 17.3. The van der Waals surface area contributed by atoms with Crippen molar-refractivity contribution < 1.29 is 9.53 Å². The lowest BCUT2D eigenvalue weighted by molar-refractivity contribution is -0.143. The van der Waals surface area contributed by atoms with Gasteiger partial charge in [-0.05, 0) is 38.2 Å². The number of carbonyl (C=O) groups excluding carboxylic acids is 1. The van der Waals surface area contributed by atoms with Crippen LogP contribution < -0.4 is 0 Å². The smallest absolute Gasteiger partial charge is 0.334 e. The molecule has 2 atom stereocenters. The van der Waals surface area contributed by atoms with E-state index in [-0.39, 0.29) is 22.7 Å². The summed E-state index contributed by atoms with van der Waals surface area (Å²) in [6.45, 7) is 11.4. The first-order valence-electron chi connectivity index (χ1n) is 9.60. The molecule has 24 heavy (non-hydrogen) atoms. The Kier molecular flexibility index (Phi) is 4.36. The molecule has 0 bridgehead atoms. The summed E-state index contributed by atoms with van der Waals surface area (Å²) < 4.78 is 5.50. The molecule has 2 unspecified atom stereocenters. The van der Waals surface area contributed by atoms with Crippen molar-refractivity contribution in [2.24, 2.45) is 16.7 Å². The van der Waals surface area contributed by atoms with E-state index in [2.05, 4.69) is 52.0 Å². The summed E-state index contributed by atoms with van der Waals surface area (Å²) in [5, 5.41) is 0. The number of rotatable bonds is 7. The molecule has 0 aromatic carbocycles. The van der Waals surface area contributed by atoms with Crippen LogP contribution in [0.5, 0.6) is 0 Å². The minimum absolute atomic E-state index is 0.0757. The maximum absolute atomic E-state index is 12.9. The molecule has 0 heterocycles. The molecule has 0 fully saturated rings. The highest BCUT2D eigenvalue weighted by Crippen LogP contribution is 2.80. The standard InChI is InChI=1S/C22H30O2/c1-6-16-17(7-2)22(9-4)19(20(23)24-10-5)18(21(16,22)8-3)15-13-11-12-14-15/h11-15H,6-10H2,1-5H3. The third-order valence-corrected chi connectivity index (χ3v) is 6.61. The van der Waals surface area contributed by atoms with E-state index in [0.717, 1.165) is 31.3 Å². The fourth-order valence-corrected chi connectivity index (χ4v) is 6.10. The molecule has 130 valence electrons. The third kappa shape index (κ3) is 1.70. The maximum atomic E-state index is 12.9. The molecule has 3 aliphatic rings. The zero-order valence-electron chi connectivity index (χ0n) is 15.7. The van der Waals surface area contributed by atoms with Crippen molar-refractivity contribution in [1.29, 1.82) is 0 Å². The van der Waals surface area contributed by atoms with Crippen LogP contribution in [0.15, 0.2) is 46.6 Å². The van der Waals surface area contributed by atoms with Crippen LogP contribution in [-0.4, -0.2) is 12.6 Å². The lowest BCUT2D eigenvalue weighted by atomic mass is 9.30.